The van der Waals surface area contributed by atoms with Gasteiger partial charge in [0, 0.05) is 12.9 Å². The maximum Gasteiger partial charge on any atom is 0.196 e. The summed E-state index contributed by atoms with van der Waals surface area (Å²) in [5.74, 6) is -0.781. The fourth-order valence-electron chi connectivity index (χ4n) is 2.28. The van der Waals surface area contributed by atoms with E-state index in [-0.39, 0.29) is 6.61 Å². The minimum atomic E-state index is -0.880. The second-order valence-corrected chi connectivity index (χ2v) is 7.06. The van der Waals surface area contributed by atoms with Crippen LogP contribution in [-0.4, -0.2) is 21.9 Å². The molecule has 136 valence electrons. The second-order valence-electron chi connectivity index (χ2n) is 5.30. The topological polar surface area (TPSA) is 39.9 Å². The number of nitrogens with zero attached hydrogens (tertiary/aromatic N) is 3. The van der Waals surface area contributed by atoms with E-state index in [9.17, 15) is 8.78 Å². The van der Waals surface area contributed by atoms with Gasteiger partial charge in [0.2, 0.25) is 0 Å². The van der Waals surface area contributed by atoms with Crippen molar-refractivity contribution < 1.29 is 13.5 Å². The lowest BCUT2D eigenvalue weighted by molar-refractivity contribution is 0.176. The van der Waals surface area contributed by atoms with Gasteiger partial charge in [-0.15, -0.1) is 10.2 Å². The number of methoxy groups -OCH3 is 1. The van der Waals surface area contributed by atoms with Crippen molar-refractivity contribution >= 4 is 35.0 Å². The van der Waals surface area contributed by atoms with Crippen LogP contribution in [0.25, 0.3) is 5.69 Å². The van der Waals surface area contributed by atoms with Crippen LogP contribution in [0.3, 0.4) is 0 Å². The normalized spacial score (nSPS) is 11.1. The summed E-state index contributed by atoms with van der Waals surface area (Å²) in [6.45, 7) is 0.249. The number of hydrogen-bond acceptors (Lipinski definition) is 4. The Kier molecular flexibility index (Phi) is 6.13. The van der Waals surface area contributed by atoms with Crippen LogP contribution in [0.15, 0.2) is 41.6 Å². The lowest BCUT2D eigenvalue weighted by Crippen LogP contribution is -2.04. The number of aromatic nitrogens is 3. The summed E-state index contributed by atoms with van der Waals surface area (Å²) >= 11 is 13.4. The average molecular weight is 416 g/mol. The summed E-state index contributed by atoms with van der Waals surface area (Å²) in [6.07, 6.45) is 0. The summed E-state index contributed by atoms with van der Waals surface area (Å²) in [6, 6.07) is 8.97. The highest BCUT2D eigenvalue weighted by Crippen LogP contribution is 2.29. The van der Waals surface area contributed by atoms with Crippen LogP contribution in [0.4, 0.5) is 8.78 Å². The first-order chi connectivity index (χ1) is 12.5. The van der Waals surface area contributed by atoms with Crippen LogP contribution < -0.4 is 0 Å². The number of benzene rings is 2. The quantitative estimate of drug-likeness (QED) is 0.512. The third-order valence-electron chi connectivity index (χ3n) is 3.49. The first-order valence-corrected chi connectivity index (χ1v) is 9.19. The van der Waals surface area contributed by atoms with E-state index >= 15 is 0 Å². The molecule has 26 heavy (non-hydrogen) atoms. The molecule has 0 amide bonds. The zero-order valence-corrected chi connectivity index (χ0v) is 15.9. The van der Waals surface area contributed by atoms with Gasteiger partial charge in [-0.25, -0.2) is 8.78 Å². The first-order valence-electron chi connectivity index (χ1n) is 7.45. The Morgan fingerprint density at radius 2 is 1.85 bits per heavy atom. The fourth-order valence-corrected chi connectivity index (χ4v) is 3.48. The molecule has 0 N–H and O–H groups in total. The molecule has 0 saturated carbocycles. The molecule has 3 aromatic rings. The van der Waals surface area contributed by atoms with Gasteiger partial charge in [0.05, 0.1) is 15.7 Å². The lowest BCUT2D eigenvalue weighted by Gasteiger charge is -2.11. The third-order valence-corrected chi connectivity index (χ3v) is 5.23. The van der Waals surface area contributed by atoms with Crippen LogP contribution in [0.5, 0.6) is 0 Å². The van der Waals surface area contributed by atoms with Crippen molar-refractivity contribution in [2.75, 3.05) is 7.11 Å². The summed E-state index contributed by atoms with van der Waals surface area (Å²) < 4.78 is 33.4. The number of ether oxygens (including phenoxy) is 1. The van der Waals surface area contributed by atoms with E-state index in [0.29, 0.717) is 32.3 Å². The average Bonchev–Trinajstić information content (AvgIpc) is 3.01. The highest BCUT2D eigenvalue weighted by atomic mass is 35.5. The molecule has 0 radical (unpaired) electrons. The number of thioether (sulfide) groups is 1. The van der Waals surface area contributed by atoms with Crippen molar-refractivity contribution in [3.8, 4) is 5.69 Å². The van der Waals surface area contributed by atoms with Crippen molar-refractivity contribution in [2.24, 2.45) is 0 Å². The standard InChI is InChI=1S/C17H13Cl2F2N3OS/c1-25-8-16-22-23-17(24(16)11-3-4-12(18)13(19)7-11)26-9-10-2-5-14(20)15(21)6-10/h2-7H,8-9H2,1H3. The molecule has 4 nitrogen and oxygen atoms in total. The number of halogens is 4. The zero-order chi connectivity index (χ0) is 18.7. The van der Waals surface area contributed by atoms with Crippen LogP contribution in [0, 0.1) is 11.6 Å². The van der Waals surface area contributed by atoms with Crippen molar-refractivity contribution in [1.82, 2.24) is 14.8 Å². The predicted molar refractivity (Wildman–Crippen MR) is 98.0 cm³/mol. The molecule has 0 spiro atoms. The molecule has 3 rings (SSSR count). The Bertz CT molecular complexity index is 936. The molecule has 2 aromatic carbocycles. The van der Waals surface area contributed by atoms with Crippen LogP contribution in [0.2, 0.25) is 10.0 Å². The molecule has 1 heterocycles. The summed E-state index contributed by atoms with van der Waals surface area (Å²) in [7, 11) is 1.56. The molecule has 0 aliphatic rings. The molecule has 0 saturated heterocycles. The minimum absolute atomic E-state index is 0.249. The largest absolute Gasteiger partial charge is 0.377 e. The minimum Gasteiger partial charge on any atom is -0.377 e. The SMILES string of the molecule is COCc1nnc(SCc2ccc(F)c(F)c2)n1-c1ccc(Cl)c(Cl)c1. The van der Waals surface area contributed by atoms with Crippen LogP contribution in [0.1, 0.15) is 11.4 Å². The third kappa shape index (κ3) is 4.17. The summed E-state index contributed by atoms with van der Waals surface area (Å²) in [5, 5.41) is 9.71. The number of rotatable bonds is 6. The van der Waals surface area contributed by atoms with E-state index in [1.807, 2.05) is 0 Å². The van der Waals surface area contributed by atoms with E-state index < -0.39 is 11.6 Å². The Balaban J connectivity index is 1.91. The summed E-state index contributed by atoms with van der Waals surface area (Å²) in [5.41, 5.74) is 1.36. The van der Waals surface area contributed by atoms with Crippen LogP contribution in [-0.2, 0) is 17.1 Å². The molecule has 0 atom stereocenters. The Morgan fingerprint density at radius 1 is 1.04 bits per heavy atom. The molecular formula is C17H13Cl2F2N3OS. The van der Waals surface area contributed by atoms with E-state index in [0.717, 1.165) is 17.8 Å². The maximum absolute atomic E-state index is 13.4. The molecular weight excluding hydrogens is 403 g/mol. The van der Waals surface area contributed by atoms with Gasteiger partial charge in [0.1, 0.15) is 6.61 Å². The van der Waals surface area contributed by atoms with Gasteiger partial charge >= 0.3 is 0 Å². The Labute approximate surface area is 163 Å². The molecule has 1 aromatic heterocycles. The molecule has 0 aliphatic heterocycles. The Morgan fingerprint density at radius 3 is 2.54 bits per heavy atom. The predicted octanol–water partition coefficient (Wildman–Crippen LogP) is 5.29. The highest BCUT2D eigenvalue weighted by Gasteiger charge is 2.16. The van der Waals surface area contributed by atoms with E-state index in [4.69, 9.17) is 27.9 Å². The molecule has 0 unspecified atom stereocenters. The second kappa shape index (κ2) is 8.35. The van der Waals surface area contributed by atoms with Gasteiger partial charge in [-0.05, 0) is 35.9 Å². The van der Waals surface area contributed by atoms with Gasteiger partial charge in [-0.2, -0.15) is 0 Å². The van der Waals surface area contributed by atoms with Crippen molar-refractivity contribution in [1.29, 1.82) is 0 Å². The van der Waals surface area contributed by atoms with Crippen molar-refractivity contribution in [3.63, 3.8) is 0 Å². The summed E-state index contributed by atoms with van der Waals surface area (Å²) in [4.78, 5) is 0. The van der Waals surface area contributed by atoms with E-state index in [2.05, 4.69) is 10.2 Å². The maximum atomic E-state index is 13.4. The van der Waals surface area contributed by atoms with Crippen molar-refractivity contribution in [2.45, 2.75) is 17.5 Å². The highest BCUT2D eigenvalue weighted by molar-refractivity contribution is 7.98. The molecule has 0 fully saturated rings. The van der Waals surface area contributed by atoms with Gasteiger partial charge in [-0.3, -0.25) is 4.57 Å². The van der Waals surface area contributed by atoms with E-state index in [1.165, 1.54) is 17.8 Å². The van der Waals surface area contributed by atoms with Crippen molar-refractivity contribution in [3.05, 3.63) is 69.5 Å². The Hall–Kier alpha value is -1.67. The fraction of sp³-hybridized carbons (Fsp3) is 0.176. The van der Waals surface area contributed by atoms with Gasteiger partial charge in [0.15, 0.2) is 22.6 Å². The van der Waals surface area contributed by atoms with Crippen LogP contribution >= 0.6 is 35.0 Å². The number of hydrogen-bond donors (Lipinski definition) is 0. The lowest BCUT2D eigenvalue weighted by atomic mass is 10.2. The molecule has 9 heteroatoms. The molecule has 0 bridgehead atoms. The monoisotopic (exact) mass is 415 g/mol. The van der Waals surface area contributed by atoms with Gasteiger partial charge in [0.25, 0.3) is 0 Å². The van der Waals surface area contributed by atoms with Gasteiger partial charge in [-0.1, -0.05) is 41.0 Å². The van der Waals surface area contributed by atoms with Gasteiger partial charge < -0.3 is 4.74 Å². The smallest absolute Gasteiger partial charge is 0.196 e. The first kappa shape index (κ1) is 19.1. The van der Waals surface area contributed by atoms with E-state index in [1.54, 1.807) is 29.9 Å². The zero-order valence-electron chi connectivity index (χ0n) is 13.5. The molecule has 0 aliphatic carbocycles.